The third-order valence-electron chi connectivity index (χ3n) is 3.45. The first-order valence-corrected chi connectivity index (χ1v) is 7.19. The van der Waals surface area contributed by atoms with Crippen molar-refractivity contribution in [2.24, 2.45) is 0 Å². The number of allylic oxidation sites excluding steroid dienone is 1. The molecule has 0 aliphatic carbocycles. The number of benzene rings is 2. The molecule has 0 heterocycles. The monoisotopic (exact) mass is 292 g/mol. The lowest BCUT2D eigenvalue weighted by atomic mass is 10.0. The summed E-state index contributed by atoms with van der Waals surface area (Å²) in [5.74, 6) is 0.911. The van der Waals surface area contributed by atoms with Crippen LogP contribution in [0.2, 0.25) is 0 Å². The van der Waals surface area contributed by atoms with E-state index in [-0.39, 0.29) is 0 Å². The van der Waals surface area contributed by atoms with Crippen molar-refractivity contribution in [1.82, 2.24) is 0 Å². The third-order valence-corrected chi connectivity index (χ3v) is 3.45. The van der Waals surface area contributed by atoms with Gasteiger partial charge in [0.1, 0.15) is 5.75 Å². The van der Waals surface area contributed by atoms with E-state index in [0.717, 1.165) is 28.1 Å². The molecule has 0 saturated carbocycles. The summed E-state index contributed by atoms with van der Waals surface area (Å²) in [4.78, 5) is 0. The van der Waals surface area contributed by atoms with Crippen molar-refractivity contribution < 1.29 is 4.74 Å². The molecule has 0 aliphatic heterocycles. The zero-order valence-electron chi connectivity index (χ0n) is 13.2. The molecule has 2 aromatic rings. The summed E-state index contributed by atoms with van der Waals surface area (Å²) in [6.07, 6.45) is 2.37. The summed E-state index contributed by atoms with van der Waals surface area (Å²) in [7, 11) is 1.68. The number of anilines is 1. The van der Waals surface area contributed by atoms with Gasteiger partial charge >= 0.3 is 0 Å². The first-order valence-electron chi connectivity index (χ1n) is 7.19. The molecule has 0 amide bonds. The third kappa shape index (κ3) is 3.89. The van der Waals surface area contributed by atoms with E-state index in [0.29, 0.717) is 12.0 Å². The summed E-state index contributed by atoms with van der Waals surface area (Å²) in [5, 5.41) is 12.5. The standard InChI is InChI=1S/C19H20N2O/c1-14-9-16(10-15(2)19(14)22-3)11-17(12-20)13-21-18-7-5-4-6-8-18/h4-10,13,21H,11H2,1-3H3/b17-13-. The Morgan fingerprint density at radius 1 is 1.18 bits per heavy atom. The Morgan fingerprint density at radius 2 is 1.82 bits per heavy atom. The molecule has 0 aromatic heterocycles. The van der Waals surface area contributed by atoms with E-state index < -0.39 is 0 Å². The fraction of sp³-hybridized carbons (Fsp3) is 0.211. The maximum Gasteiger partial charge on any atom is 0.124 e. The molecular formula is C19H20N2O. The van der Waals surface area contributed by atoms with Crippen LogP contribution in [0.25, 0.3) is 0 Å². The Bertz CT molecular complexity index is 689. The molecule has 0 fully saturated rings. The predicted octanol–water partition coefficient (Wildman–Crippen LogP) is 4.37. The van der Waals surface area contributed by atoms with Crippen molar-refractivity contribution >= 4 is 5.69 Å². The molecule has 0 unspecified atom stereocenters. The second-order valence-electron chi connectivity index (χ2n) is 5.23. The molecular weight excluding hydrogens is 272 g/mol. The number of ether oxygens (including phenoxy) is 1. The molecule has 22 heavy (non-hydrogen) atoms. The van der Waals surface area contributed by atoms with Crippen molar-refractivity contribution in [3.8, 4) is 11.8 Å². The highest BCUT2D eigenvalue weighted by molar-refractivity contribution is 5.48. The van der Waals surface area contributed by atoms with Gasteiger partial charge in [0, 0.05) is 23.9 Å². The highest BCUT2D eigenvalue weighted by atomic mass is 16.5. The van der Waals surface area contributed by atoms with E-state index in [1.165, 1.54) is 0 Å². The average molecular weight is 292 g/mol. The number of nitriles is 1. The summed E-state index contributed by atoms with van der Waals surface area (Å²) in [6.45, 7) is 4.04. The molecule has 0 atom stereocenters. The molecule has 0 radical (unpaired) electrons. The Labute approximate surface area is 131 Å². The lowest BCUT2D eigenvalue weighted by molar-refractivity contribution is 0.408. The minimum atomic E-state index is 0.599. The van der Waals surface area contributed by atoms with E-state index in [2.05, 4.69) is 23.5 Å². The first-order chi connectivity index (χ1) is 10.6. The van der Waals surface area contributed by atoms with E-state index in [9.17, 15) is 5.26 Å². The number of nitrogens with one attached hydrogen (secondary N) is 1. The number of aryl methyl sites for hydroxylation is 2. The number of hydrogen-bond donors (Lipinski definition) is 1. The van der Waals surface area contributed by atoms with E-state index in [1.54, 1.807) is 13.3 Å². The van der Waals surface area contributed by atoms with Crippen LogP contribution in [-0.2, 0) is 6.42 Å². The normalized spacial score (nSPS) is 10.9. The summed E-state index contributed by atoms with van der Waals surface area (Å²) < 4.78 is 5.38. The molecule has 0 bridgehead atoms. The van der Waals surface area contributed by atoms with Crippen molar-refractivity contribution in [3.63, 3.8) is 0 Å². The Kier molecular flexibility index (Phi) is 5.21. The molecule has 1 N–H and O–H groups in total. The maximum atomic E-state index is 9.32. The Hall–Kier alpha value is -2.73. The van der Waals surface area contributed by atoms with Gasteiger partial charge in [0.15, 0.2) is 0 Å². The van der Waals surface area contributed by atoms with Gasteiger partial charge in [-0.05, 0) is 42.7 Å². The second-order valence-corrected chi connectivity index (χ2v) is 5.23. The molecule has 3 nitrogen and oxygen atoms in total. The fourth-order valence-electron chi connectivity index (χ4n) is 2.51. The van der Waals surface area contributed by atoms with Gasteiger partial charge in [0.25, 0.3) is 0 Å². The smallest absolute Gasteiger partial charge is 0.124 e. The lowest BCUT2D eigenvalue weighted by Gasteiger charge is -2.11. The predicted molar refractivity (Wildman–Crippen MR) is 89.9 cm³/mol. The first kappa shape index (κ1) is 15.7. The summed E-state index contributed by atoms with van der Waals surface area (Å²) >= 11 is 0. The second kappa shape index (κ2) is 7.33. The van der Waals surface area contributed by atoms with Crippen LogP contribution < -0.4 is 10.1 Å². The Balaban J connectivity index is 2.15. The van der Waals surface area contributed by atoms with Gasteiger partial charge in [-0.25, -0.2) is 0 Å². The van der Waals surface area contributed by atoms with Crippen LogP contribution in [0.1, 0.15) is 16.7 Å². The minimum absolute atomic E-state index is 0.599. The minimum Gasteiger partial charge on any atom is -0.496 e. The molecule has 2 aromatic carbocycles. The fourth-order valence-corrected chi connectivity index (χ4v) is 2.51. The largest absolute Gasteiger partial charge is 0.496 e. The Morgan fingerprint density at radius 3 is 2.36 bits per heavy atom. The van der Waals surface area contributed by atoms with Crippen LogP contribution in [-0.4, -0.2) is 7.11 Å². The SMILES string of the molecule is COc1c(C)cc(C/C(C#N)=C/Nc2ccccc2)cc1C. The molecule has 112 valence electrons. The van der Waals surface area contributed by atoms with Crippen molar-refractivity contribution in [2.45, 2.75) is 20.3 Å². The van der Waals surface area contributed by atoms with Gasteiger partial charge in [0.05, 0.1) is 13.2 Å². The highest BCUT2D eigenvalue weighted by Gasteiger charge is 2.07. The van der Waals surface area contributed by atoms with Gasteiger partial charge in [-0.1, -0.05) is 30.3 Å². The molecule has 3 heteroatoms. The number of nitrogens with zero attached hydrogens (tertiary/aromatic N) is 1. The average Bonchev–Trinajstić information content (AvgIpc) is 2.52. The van der Waals surface area contributed by atoms with E-state index in [1.807, 2.05) is 44.2 Å². The van der Waals surface area contributed by atoms with Crippen LogP contribution in [0.5, 0.6) is 5.75 Å². The highest BCUT2D eigenvalue weighted by Crippen LogP contribution is 2.25. The molecule has 0 aliphatic rings. The van der Waals surface area contributed by atoms with Crippen LogP contribution in [0.4, 0.5) is 5.69 Å². The van der Waals surface area contributed by atoms with Gasteiger partial charge < -0.3 is 10.1 Å². The van der Waals surface area contributed by atoms with E-state index >= 15 is 0 Å². The van der Waals surface area contributed by atoms with Crippen LogP contribution >= 0.6 is 0 Å². The molecule has 2 rings (SSSR count). The number of methoxy groups -OCH3 is 1. The summed E-state index contributed by atoms with van der Waals surface area (Å²) in [5.41, 5.74) is 4.94. The van der Waals surface area contributed by atoms with Gasteiger partial charge in [-0.3, -0.25) is 0 Å². The molecule has 0 spiro atoms. The van der Waals surface area contributed by atoms with Gasteiger partial charge in [-0.15, -0.1) is 0 Å². The van der Waals surface area contributed by atoms with Gasteiger partial charge in [0.2, 0.25) is 0 Å². The quantitative estimate of drug-likeness (QED) is 0.832. The van der Waals surface area contributed by atoms with E-state index in [4.69, 9.17) is 4.74 Å². The summed E-state index contributed by atoms with van der Waals surface area (Å²) in [6, 6.07) is 16.2. The zero-order chi connectivity index (χ0) is 15.9. The van der Waals surface area contributed by atoms with Crippen molar-refractivity contribution in [2.75, 3.05) is 12.4 Å². The topological polar surface area (TPSA) is 45.0 Å². The number of rotatable bonds is 5. The van der Waals surface area contributed by atoms with Crippen LogP contribution in [0, 0.1) is 25.2 Å². The van der Waals surface area contributed by atoms with Crippen LogP contribution in [0.3, 0.4) is 0 Å². The lowest BCUT2D eigenvalue weighted by Crippen LogP contribution is -1.97. The zero-order valence-corrected chi connectivity index (χ0v) is 13.2. The molecule has 0 saturated heterocycles. The number of hydrogen-bond acceptors (Lipinski definition) is 3. The number of para-hydroxylation sites is 1. The van der Waals surface area contributed by atoms with Crippen molar-refractivity contribution in [3.05, 3.63) is 70.9 Å². The van der Waals surface area contributed by atoms with Crippen LogP contribution in [0.15, 0.2) is 54.2 Å². The van der Waals surface area contributed by atoms with Gasteiger partial charge in [-0.2, -0.15) is 5.26 Å². The maximum absolute atomic E-state index is 9.32. The van der Waals surface area contributed by atoms with Crippen molar-refractivity contribution in [1.29, 1.82) is 5.26 Å².